The lowest BCUT2D eigenvalue weighted by Gasteiger charge is -2.07. The third kappa shape index (κ3) is 3.44. The molecule has 6 nitrogen and oxygen atoms in total. The first-order valence-electron chi connectivity index (χ1n) is 7.52. The molecular weight excluding hydrogens is 340 g/mol. The van der Waals surface area contributed by atoms with E-state index in [0.29, 0.717) is 22.4 Å². The molecule has 0 unspecified atom stereocenters. The summed E-state index contributed by atoms with van der Waals surface area (Å²) < 4.78 is 1.64. The lowest BCUT2D eigenvalue weighted by Crippen LogP contribution is -2.07. The van der Waals surface area contributed by atoms with Crippen molar-refractivity contribution < 1.29 is 9.59 Å². The summed E-state index contributed by atoms with van der Waals surface area (Å²) in [5.41, 5.74) is 2.99. The van der Waals surface area contributed by atoms with Crippen LogP contribution in [0.25, 0.3) is 16.9 Å². The largest absolute Gasteiger partial charge is 0.311 e. The van der Waals surface area contributed by atoms with E-state index in [1.807, 2.05) is 6.92 Å². The Morgan fingerprint density at radius 1 is 1.32 bits per heavy atom. The van der Waals surface area contributed by atoms with Crippen molar-refractivity contribution in [2.45, 2.75) is 13.8 Å². The van der Waals surface area contributed by atoms with E-state index < -0.39 is 0 Å². The minimum Gasteiger partial charge on any atom is -0.311 e. The van der Waals surface area contributed by atoms with Crippen LogP contribution in [0, 0.1) is 6.92 Å². The number of anilines is 1. The summed E-state index contributed by atoms with van der Waals surface area (Å²) in [6.45, 7) is 3.33. The predicted molar refractivity (Wildman–Crippen MR) is 96.2 cm³/mol. The molecule has 0 saturated heterocycles. The highest BCUT2D eigenvalue weighted by Crippen LogP contribution is 2.29. The van der Waals surface area contributed by atoms with Crippen LogP contribution in [0.3, 0.4) is 0 Å². The molecule has 7 heteroatoms. The van der Waals surface area contributed by atoms with Gasteiger partial charge in [-0.3, -0.25) is 14.2 Å². The molecule has 0 spiro atoms. The second kappa shape index (κ2) is 6.86. The zero-order chi connectivity index (χ0) is 18.0. The molecule has 0 bridgehead atoms. The van der Waals surface area contributed by atoms with Crippen LogP contribution in [0.2, 0.25) is 5.02 Å². The molecule has 1 N–H and O–H groups in total. The Morgan fingerprint density at radius 2 is 2.12 bits per heavy atom. The number of carbonyl (C=O) groups excluding carboxylic acids is 2. The van der Waals surface area contributed by atoms with E-state index in [4.69, 9.17) is 11.6 Å². The highest BCUT2D eigenvalue weighted by molar-refractivity contribution is 6.32. The van der Waals surface area contributed by atoms with Gasteiger partial charge in [-0.05, 0) is 42.3 Å². The van der Waals surface area contributed by atoms with E-state index in [2.05, 4.69) is 15.3 Å². The third-order valence-electron chi connectivity index (χ3n) is 3.66. The number of nitrogens with zero attached hydrogens (tertiary/aromatic N) is 3. The number of nitrogens with one attached hydrogen (secondary N) is 1. The van der Waals surface area contributed by atoms with Crippen molar-refractivity contribution in [3.63, 3.8) is 0 Å². The van der Waals surface area contributed by atoms with Gasteiger partial charge in [0.15, 0.2) is 12.1 Å². The first-order valence-corrected chi connectivity index (χ1v) is 7.90. The lowest BCUT2D eigenvalue weighted by molar-refractivity contribution is -0.114. The number of amides is 1. The van der Waals surface area contributed by atoms with Gasteiger partial charge in [0.2, 0.25) is 5.91 Å². The number of pyridine rings is 2. The molecule has 3 aromatic rings. The quantitative estimate of drug-likeness (QED) is 0.725. The van der Waals surface area contributed by atoms with Crippen molar-refractivity contribution in [2.75, 3.05) is 5.32 Å². The lowest BCUT2D eigenvalue weighted by atomic mass is 10.1. The second-order valence-corrected chi connectivity index (χ2v) is 5.92. The fraction of sp³-hybridized carbons (Fsp3) is 0.111. The Kier molecular flexibility index (Phi) is 4.63. The SMILES string of the molecule is CC(=O)Nc1cc(-c2cc(C=O)n(-c3ncccc3Cl)c2)c(C)cn1. The van der Waals surface area contributed by atoms with Gasteiger partial charge in [0, 0.05) is 31.1 Å². The van der Waals surface area contributed by atoms with Crippen LogP contribution in [0.1, 0.15) is 23.0 Å². The van der Waals surface area contributed by atoms with Gasteiger partial charge >= 0.3 is 0 Å². The minimum absolute atomic E-state index is 0.200. The molecule has 3 aromatic heterocycles. The van der Waals surface area contributed by atoms with Crippen molar-refractivity contribution >= 4 is 29.6 Å². The van der Waals surface area contributed by atoms with Crippen molar-refractivity contribution in [3.05, 3.63) is 59.1 Å². The molecule has 0 aliphatic carbocycles. The zero-order valence-electron chi connectivity index (χ0n) is 13.7. The Hall–Kier alpha value is -2.99. The third-order valence-corrected chi connectivity index (χ3v) is 3.95. The van der Waals surface area contributed by atoms with Crippen molar-refractivity contribution in [3.8, 4) is 16.9 Å². The summed E-state index contributed by atoms with van der Waals surface area (Å²) >= 11 is 6.20. The van der Waals surface area contributed by atoms with Crippen molar-refractivity contribution in [2.24, 2.45) is 0 Å². The monoisotopic (exact) mass is 354 g/mol. The number of hydrogen-bond acceptors (Lipinski definition) is 4. The van der Waals surface area contributed by atoms with Gasteiger partial charge in [-0.15, -0.1) is 0 Å². The molecular formula is C18H15ClN4O2. The molecule has 0 aliphatic rings. The fourth-order valence-corrected chi connectivity index (χ4v) is 2.75. The van der Waals surface area contributed by atoms with Crippen molar-refractivity contribution in [1.82, 2.24) is 14.5 Å². The summed E-state index contributed by atoms with van der Waals surface area (Å²) in [5.74, 6) is 0.726. The topological polar surface area (TPSA) is 76.9 Å². The summed E-state index contributed by atoms with van der Waals surface area (Å²) in [6.07, 6.45) is 5.83. The molecule has 0 aromatic carbocycles. The number of aryl methyl sites for hydroxylation is 1. The number of rotatable bonds is 4. The molecule has 1 amide bonds. The molecule has 0 atom stereocenters. The Bertz CT molecular complexity index is 965. The molecule has 25 heavy (non-hydrogen) atoms. The Morgan fingerprint density at radius 3 is 2.80 bits per heavy atom. The maximum Gasteiger partial charge on any atom is 0.222 e. The van der Waals surface area contributed by atoms with E-state index in [0.717, 1.165) is 23.0 Å². The van der Waals surface area contributed by atoms with Crippen LogP contribution in [-0.2, 0) is 4.79 Å². The Labute approximate surface area is 149 Å². The van der Waals surface area contributed by atoms with Gasteiger partial charge in [-0.25, -0.2) is 9.97 Å². The zero-order valence-corrected chi connectivity index (χ0v) is 14.4. The number of halogens is 1. The van der Waals surface area contributed by atoms with Crippen LogP contribution in [-0.4, -0.2) is 26.7 Å². The highest BCUT2D eigenvalue weighted by Gasteiger charge is 2.14. The standard InChI is InChI=1S/C18H15ClN4O2/c1-11-8-21-17(22-12(2)25)7-15(11)13-6-14(10-24)23(9-13)18-16(19)4-3-5-20-18/h3-10H,1-2H3,(H,21,22,25). The van der Waals surface area contributed by atoms with Crippen molar-refractivity contribution in [1.29, 1.82) is 0 Å². The summed E-state index contributed by atoms with van der Waals surface area (Å²) in [6, 6.07) is 6.96. The van der Waals surface area contributed by atoms with Crippen LogP contribution < -0.4 is 5.32 Å². The molecule has 0 saturated carbocycles. The van der Waals surface area contributed by atoms with Gasteiger partial charge in [-0.2, -0.15) is 0 Å². The summed E-state index contributed by atoms with van der Waals surface area (Å²) in [7, 11) is 0. The number of carbonyl (C=O) groups is 2. The van der Waals surface area contributed by atoms with Crippen LogP contribution >= 0.6 is 11.6 Å². The van der Waals surface area contributed by atoms with Gasteiger partial charge in [0.1, 0.15) is 5.82 Å². The molecule has 0 fully saturated rings. The van der Waals surface area contributed by atoms with E-state index in [1.54, 1.807) is 47.4 Å². The van der Waals surface area contributed by atoms with E-state index in [9.17, 15) is 9.59 Å². The maximum absolute atomic E-state index is 11.5. The summed E-state index contributed by atoms with van der Waals surface area (Å²) in [5, 5.41) is 3.10. The van der Waals surface area contributed by atoms with E-state index in [1.165, 1.54) is 6.92 Å². The van der Waals surface area contributed by atoms with Crippen LogP contribution in [0.4, 0.5) is 5.82 Å². The first kappa shape index (κ1) is 16.9. The normalized spacial score (nSPS) is 10.5. The molecule has 0 aliphatic heterocycles. The average molecular weight is 355 g/mol. The second-order valence-electron chi connectivity index (χ2n) is 5.52. The maximum atomic E-state index is 11.5. The Balaban J connectivity index is 2.12. The van der Waals surface area contributed by atoms with Gasteiger partial charge in [0.05, 0.1) is 10.7 Å². The molecule has 3 heterocycles. The number of aromatic nitrogens is 3. The smallest absolute Gasteiger partial charge is 0.222 e. The first-order chi connectivity index (χ1) is 12.0. The fourth-order valence-electron chi connectivity index (χ4n) is 2.54. The number of aldehydes is 1. The van der Waals surface area contributed by atoms with Gasteiger partial charge in [-0.1, -0.05) is 11.6 Å². The average Bonchev–Trinajstić information content (AvgIpc) is 3.00. The van der Waals surface area contributed by atoms with Gasteiger partial charge in [0.25, 0.3) is 0 Å². The molecule has 3 rings (SSSR count). The predicted octanol–water partition coefficient (Wildman–Crippen LogP) is 3.67. The van der Waals surface area contributed by atoms with Crippen LogP contribution in [0.15, 0.2) is 42.9 Å². The molecule has 0 radical (unpaired) electrons. The van der Waals surface area contributed by atoms with Crippen LogP contribution in [0.5, 0.6) is 0 Å². The van der Waals surface area contributed by atoms with E-state index in [-0.39, 0.29) is 5.91 Å². The molecule has 126 valence electrons. The summed E-state index contributed by atoms with van der Waals surface area (Å²) in [4.78, 5) is 31.2. The van der Waals surface area contributed by atoms with Gasteiger partial charge < -0.3 is 5.32 Å². The highest BCUT2D eigenvalue weighted by atomic mass is 35.5. The number of hydrogen-bond donors (Lipinski definition) is 1. The minimum atomic E-state index is -0.200. The van der Waals surface area contributed by atoms with E-state index >= 15 is 0 Å².